The minimum atomic E-state index is 0.0370. The molecule has 2 fully saturated rings. The zero-order valence-electron chi connectivity index (χ0n) is 20.2. The highest BCUT2D eigenvalue weighted by Crippen LogP contribution is 2.73. The van der Waals surface area contributed by atoms with E-state index in [-0.39, 0.29) is 16.2 Å². The lowest BCUT2D eigenvalue weighted by atomic mass is 9.39. The molecule has 4 aliphatic rings. The second-order valence-electron chi connectivity index (χ2n) is 12.2. The average Bonchev–Trinajstić information content (AvgIpc) is 2.91. The third-order valence-electron chi connectivity index (χ3n) is 10.3. The molecule has 4 aliphatic carbocycles. The smallest absolute Gasteiger partial charge is 0.0287 e. The summed E-state index contributed by atoms with van der Waals surface area (Å²) in [5.41, 5.74) is 6.58. The van der Waals surface area contributed by atoms with Gasteiger partial charge in [-0.2, -0.15) is 0 Å². The quantitative estimate of drug-likeness (QED) is 0.416. The van der Waals surface area contributed by atoms with Crippen LogP contribution in [-0.2, 0) is 0 Å². The molecular weight excluding hydrogens is 348 g/mol. The van der Waals surface area contributed by atoms with Gasteiger partial charge in [-0.1, -0.05) is 97.1 Å². The molecule has 0 spiro atoms. The molecule has 0 aliphatic heterocycles. The predicted octanol–water partition coefficient (Wildman–Crippen LogP) is 8.30. The van der Waals surface area contributed by atoms with E-state index in [0.717, 1.165) is 23.8 Å². The molecule has 4 rings (SSSR count). The van der Waals surface area contributed by atoms with Gasteiger partial charge in [0.1, 0.15) is 0 Å². The van der Waals surface area contributed by atoms with Crippen LogP contribution in [0.15, 0.2) is 59.8 Å². The van der Waals surface area contributed by atoms with Gasteiger partial charge >= 0.3 is 0 Å². The van der Waals surface area contributed by atoms with Gasteiger partial charge in [0.2, 0.25) is 0 Å². The van der Waals surface area contributed by atoms with E-state index in [9.17, 15) is 0 Å². The van der Waals surface area contributed by atoms with Crippen LogP contribution < -0.4 is 0 Å². The molecule has 0 bridgehead atoms. The Labute approximate surface area is 179 Å². The Morgan fingerprint density at radius 2 is 1.79 bits per heavy atom. The molecule has 29 heavy (non-hydrogen) atoms. The molecule has 0 aromatic rings. The third-order valence-corrected chi connectivity index (χ3v) is 10.3. The minimum Gasteiger partial charge on any atom is -0.0996 e. The van der Waals surface area contributed by atoms with Gasteiger partial charge < -0.3 is 0 Å². The summed E-state index contributed by atoms with van der Waals surface area (Å²) in [4.78, 5) is 0. The Bertz CT molecular complexity index is 856. The normalized spacial score (nSPS) is 44.3. The van der Waals surface area contributed by atoms with Crippen molar-refractivity contribution in [3.63, 3.8) is 0 Å². The Balaban J connectivity index is 1.93. The third kappa shape index (κ3) is 2.44. The average molecular weight is 391 g/mol. The molecule has 6 atom stereocenters. The number of fused-ring (bicyclic) bond motifs is 5. The highest BCUT2D eigenvalue weighted by Gasteiger charge is 2.65. The largest absolute Gasteiger partial charge is 0.0996 e. The number of allylic oxidation sites excluding steroid dienone is 8. The second kappa shape index (κ2) is 6.12. The molecule has 2 saturated carbocycles. The SMILES string of the molecule is C=C1C=C[C@]2(C)C3=CC[C@@]4(C)C(C[C@@H](C)[C@@H]4C(=C)CC)C3C(C)(C)C(C)(C)C2=C1. The Morgan fingerprint density at radius 3 is 2.41 bits per heavy atom. The van der Waals surface area contributed by atoms with Crippen LogP contribution in [0.25, 0.3) is 0 Å². The van der Waals surface area contributed by atoms with Crippen LogP contribution in [0.5, 0.6) is 0 Å². The summed E-state index contributed by atoms with van der Waals surface area (Å²) >= 11 is 0. The zero-order chi connectivity index (χ0) is 21.6. The van der Waals surface area contributed by atoms with Gasteiger partial charge in [-0.3, -0.25) is 0 Å². The van der Waals surface area contributed by atoms with Crippen LogP contribution >= 0.6 is 0 Å². The van der Waals surface area contributed by atoms with E-state index < -0.39 is 0 Å². The standard InChI is InChI=1S/C29H42/c1-11-19(3)24-20(4)17-22-25-21(13-15-29(22,24)10)28(9)14-12-18(2)16-23(28)26(5,6)27(25,7)8/h12-14,16,20,22,24-25H,2-3,11,15,17H2,1,4-10H3/t20-,22?,24+,25?,28-,29+/m1/s1. The highest BCUT2D eigenvalue weighted by molar-refractivity contribution is 5.54. The van der Waals surface area contributed by atoms with Crippen LogP contribution in [0.2, 0.25) is 0 Å². The maximum absolute atomic E-state index is 4.55. The summed E-state index contributed by atoms with van der Waals surface area (Å²) in [6.07, 6.45) is 13.4. The molecule has 0 heteroatoms. The molecule has 2 unspecified atom stereocenters. The molecule has 0 radical (unpaired) electrons. The first kappa shape index (κ1) is 21.0. The van der Waals surface area contributed by atoms with Gasteiger partial charge in [-0.05, 0) is 77.2 Å². The minimum absolute atomic E-state index is 0.0370. The van der Waals surface area contributed by atoms with Crippen molar-refractivity contribution in [2.45, 2.75) is 74.7 Å². The lowest BCUT2D eigenvalue weighted by Crippen LogP contribution is -2.57. The lowest BCUT2D eigenvalue weighted by Gasteiger charge is -2.65. The van der Waals surface area contributed by atoms with E-state index in [0.29, 0.717) is 17.3 Å². The first-order valence-corrected chi connectivity index (χ1v) is 11.8. The van der Waals surface area contributed by atoms with E-state index in [1.54, 1.807) is 11.1 Å². The molecule has 0 aromatic carbocycles. The van der Waals surface area contributed by atoms with Gasteiger partial charge in [0.25, 0.3) is 0 Å². The van der Waals surface area contributed by atoms with Crippen molar-refractivity contribution in [2.24, 2.45) is 45.3 Å². The van der Waals surface area contributed by atoms with Gasteiger partial charge in [0.05, 0.1) is 0 Å². The van der Waals surface area contributed by atoms with Gasteiger partial charge in [0.15, 0.2) is 0 Å². The maximum atomic E-state index is 4.55. The number of hydrogen-bond acceptors (Lipinski definition) is 0. The second-order valence-corrected chi connectivity index (χ2v) is 12.2. The van der Waals surface area contributed by atoms with E-state index in [1.807, 2.05) is 0 Å². The number of rotatable bonds is 2. The predicted molar refractivity (Wildman–Crippen MR) is 127 cm³/mol. The van der Waals surface area contributed by atoms with Crippen molar-refractivity contribution in [3.05, 3.63) is 59.8 Å². The van der Waals surface area contributed by atoms with Gasteiger partial charge in [0, 0.05) is 5.41 Å². The summed E-state index contributed by atoms with van der Waals surface area (Å²) in [5, 5.41) is 0. The lowest BCUT2D eigenvalue weighted by molar-refractivity contribution is -0.0341. The molecule has 0 nitrogen and oxygen atoms in total. The van der Waals surface area contributed by atoms with Crippen LogP contribution in [0, 0.1) is 45.3 Å². The maximum Gasteiger partial charge on any atom is 0.0287 e. The van der Waals surface area contributed by atoms with Gasteiger partial charge in [-0.25, -0.2) is 0 Å². The monoisotopic (exact) mass is 390 g/mol. The molecule has 0 saturated heterocycles. The molecular formula is C29H42. The van der Waals surface area contributed by atoms with Gasteiger partial charge in [-0.15, -0.1) is 0 Å². The fourth-order valence-corrected chi connectivity index (χ4v) is 8.23. The van der Waals surface area contributed by atoms with Crippen molar-refractivity contribution < 1.29 is 0 Å². The Kier molecular flexibility index (Phi) is 4.42. The molecule has 158 valence electrons. The van der Waals surface area contributed by atoms with Crippen molar-refractivity contribution in [1.82, 2.24) is 0 Å². The first-order valence-electron chi connectivity index (χ1n) is 11.8. The topological polar surface area (TPSA) is 0 Å². The summed E-state index contributed by atoms with van der Waals surface area (Å²) in [7, 11) is 0. The van der Waals surface area contributed by atoms with Crippen molar-refractivity contribution in [3.8, 4) is 0 Å². The van der Waals surface area contributed by atoms with Crippen molar-refractivity contribution >= 4 is 0 Å². The zero-order valence-corrected chi connectivity index (χ0v) is 20.2. The summed E-state index contributed by atoms with van der Waals surface area (Å²) < 4.78 is 0. The van der Waals surface area contributed by atoms with Crippen LogP contribution in [-0.4, -0.2) is 0 Å². The summed E-state index contributed by atoms with van der Waals surface area (Å²) in [6, 6.07) is 0. The van der Waals surface area contributed by atoms with E-state index in [1.165, 1.54) is 18.4 Å². The summed E-state index contributed by atoms with van der Waals surface area (Å²) in [6.45, 7) is 28.8. The van der Waals surface area contributed by atoms with Crippen molar-refractivity contribution in [2.75, 3.05) is 0 Å². The number of hydrogen-bond donors (Lipinski definition) is 0. The fraction of sp³-hybridized carbons (Fsp3) is 0.655. The molecule has 0 N–H and O–H groups in total. The van der Waals surface area contributed by atoms with E-state index in [4.69, 9.17) is 0 Å². The molecule has 0 heterocycles. The first-order chi connectivity index (χ1) is 13.3. The van der Waals surface area contributed by atoms with Crippen LogP contribution in [0.3, 0.4) is 0 Å². The van der Waals surface area contributed by atoms with Crippen molar-refractivity contribution in [1.29, 1.82) is 0 Å². The van der Waals surface area contributed by atoms with Crippen LogP contribution in [0.1, 0.15) is 74.7 Å². The molecule has 0 aromatic heterocycles. The summed E-state index contributed by atoms with van der Waals surface area (Å²) in [5.74, 6) is 2.74. The molecule has 0 amide bonds. The fourth-order valence-electron chi connectivity index (χ4n) is 8.23. The van der Waals surface area contributed by atoms with E-state index >= 15 is 0 Å². The van der Waals surface area contributed by atoms with Crippen LogP contribution in [0.4, 0.5) is 0 Å². The highest BCUT2D eigenvalue weighted by atomic mass is 14.7. The Morgan fingerprint density at radius 1 is 1.14 bits per heavy atom. The Hall–Kier alpha value is -1.30. The van der Waals surface area contributed by atoms with E-state index in [2.05, 4.69) is 92.9 Å².